The summed E-state index contributed by atoms with van der Waals surface area (Å²) in [6, 6.07) is 5.57. The summed E-state index contributed by atoms with van der Waals surface area (Å²) < 4.78 is 91.8. The van der Waals surface area contributed by atoms with Crippen molar-refractivity contribution in [3.63, 3.8) is 0 Å². The van der Waals surface area contributed by atoms with Gasteiger partial charge < -0.3 is 20.3 Å². The SMILES string of the molecule is C=CC(=O)N1CC(F)C(N(CC)c2nc(OC)nc3cc(-c4ccc(F)c5sc(N)c(C#N)c45)c(C(F)(F)F)cc23)C1.FC1CC2CCCN2C1. The summed E-state index contributed by atoms with van der Waals surface area (Å²) in [5.41, 5.74) is 4.28. The number of nitriles is 1. The van der Waals surface area contributed by atoms with E-state index >= 15 is 4.39 Å². The lowest BCUT2D eigenvalue weighted by molar-refractivity contribution is -0.137. The minimum atomic E-state index is -4.91. The summed E-state index contributed by atoms with van der Waals surface area (Å²) in [7, 11) is 1.28. The van der Waals surface area contributed by atoms with E-state index in [2.05, 4.69) is 21.4 Å². The van der Waals surface area contributed by atoms with E-state index in [1.165, 1.54) is 29.8 Å². The second-order valence-electron chi connectivity index (χ2n) is 12.6. The summed E-state index contributed by atoms with van der Waals surface area (Å²) in [4.78, 5) is 25.8. The van der Waals surface area contributed by atoms with Gasteiger partial charge in [0, 0.05) is 36.4 Å². The molecule has 4 unspecified atom stereocenters. The van der Waals surface area contributed by atoms with Gasteiger partial charge in [-0.3, -0.25) is 9.69 Å². The lowest BCUT2D eigenvalue weighted by Crippen LogP contribution is -2.43. The predicted octanol–water partition coefficient (Wildman–Crippen LogP) is 6.89. The number of carbonyl (C=O) groups excluding carboxylic acids is 1. The number of benzene rings is 2. The number of likely N-dealkylation sites (tertiary alicyclic amines) is 1. The highest BCUT2D eigenvalue weighted by Crippen LogP contribution is 2.47. The quantitative estimate of drug-likeness (QED) is 0.169. The Morgan fingerprint density at radius 3 is 2.63 bits per heavy atom. The third-order valence-electron chi connectivity index (χ3n) is 9.68. The number of methoxy groups -OCH3 is 1. The first-order valence-corrected chi connectivity index (χ1v) is 17.2. The van der Waals surface area contributed by atoms with Gasteiger partial charge in [-0.1, -0.05) is 12.6 Å². The Bertz CT molecular complexity index is 2020. The lowest BCUT2D eigenvalue weighted by Gasteiger charge is -2.31. The van der Waals surface area contributed by atoms with Crippen LogP contribution in [0, 0.1) is 17.1 Å². The van der Waals surface area contributed by atoms with Crippen LogP contribution in [0.25, 0.3) is 32.1 Å². The molecule has 9 nitrogen and oxygen atoms in total. The van der Waals surface area contributed by atoms with Crippen molar-refractivity contribution in [3.8, 4) is 23.2 Å². The van der Waals surface area contributed by atoms with Gasteiger partial charge in [-0.15, -0.1) is 11.3 Å². The van der Waals surface area contributed by atoms with Crippen molar-refractivity contribution in [2.75, 3.05) is 50.5 Å². The summed E-state index contributed by atoms with van der Waals surface area (Å²) in [6.07, 6.45) is -2.55. The monoisotopic (exact) mass is 731 g/mol. The standard InChI is InChI=1S/C28H23F5N6O2S.C7H12FN/c1-4-22(40)38-11-19(30)21(12-38)39(5-2)26-15-8-17(28(31,32)33)14(9-20(15)36-27(37-26)41-3)13-6-7-18(29)24-23(13)16(10-34)25(35)42-24;8-6-4-7-2-1-3-9(7)5-6/h4,6-9,19,21H,1,5,11-12,35H2,2-3H3;6-7H,1-5H2. The second-order valence-corrected chi connectivity index (χ2v) is 13.7. The maximum Gasteiger partial charge on any atom is 0.417 e. The third-order valence-corrected chi connectivity index (χ3v) is 10.7. The fourth-order valence-corrected chi connectivity index (χ4v) is 8.30. The molecular formula is C35H35F6N7O2S. The number of carbonyl (C=O) groups is 1. The van der Waals surface area contributed by atoms with Crippen LogP contribution in [-0.4, -0.2) is 89.9 Å². The van der Waals surface area contributed by atoms with Crippen LogP contribution in [-0.2, 0) is 11.0 Å². The Hall–Kier alpha value is -4.62. The maximum atomic E-state index is 15.3. The molecule has 3 fully saturated rings. The van der Waals surface area contributed by atoms with Crippen molar-refractivity contribution in [1.29, 1.82) is 5.26 Å². The summed E-state index contributed by atoms with van der Waals surface area (Å²) in [5, 5.41) is 9.57. The molecule has 0 bridgehead atoms. The molecule has 0 spiro atoms. The van der Waals surface area contributed by atoms with Crippen molar-refractivity contribution >= 4 is 49.1 Å². The Balaban J connectivity index is 0.000000428. The van der Waals surface area contributed by atoms with Crippen LogP contribution in [0.15, 0.2) is 36.9 Å². The number of nitrogens with zero attached hydrogens (tertiary/aromatic N) is 6. The van der Waals surface area contributed by atoms with Gasteiger partial charge in [0.25, 0.3) is 0 Å². The highest BCUT2D eigenvalue weighted by Gasteiger charge is 2.41. The topological polar surface area (TPSA) is 112 Å². The van der Waals surface area contributed by atoms with Crippen LogP contribution in [0.5, 0.6) is 6.01 Å². The lowest BCUT2D eigenvalue weighted by atomic mass is 9.93. The average molecular weight is 732 g/mol. The first-order chi connectivity index (χ1) is 24.3. The van der Waals surface area contributed by atoms with Gasteiger partial charge >= 0.3 is 12.2 Å². The van der Waals surface area contributed by atoms with E-state index in [1.54, 1.807) is 6.92 Å². The molecular weight excluding hydrogens is 696 g/mol. The molecule has 0 saturated carbocycles. The number of halogens is 6. The van der Waals surface area contributed by atoms with Crippen LogP contribution in [0.4, 0.5) is 37.2 Å². The number of anilines is 2. The molecule has 0 radical (unpaired) electrons. The number of thiophene rings is 1. The van der Waals surface area contributed by atoms with Crippen molar-refractivity contribution < 1.29 is 35.9 Å². The number of amides is 1. The molecule has 4 aromatic rings. The molecule has 3 aliphatic rings. The molecule has 4 atom stereocenters. The van der Waals surface area contributed by atoms with Crippen LogP contribution in [0.1, 0.15) is 37.3 Å². The van der Waals surface area contributed by atoms with E-state index in [4.69, 9.17) is 10.5 Å². The van der Waals surface area contributed by atoms with E-state index in [0.717, 1.165) is 54.6 Å². The zero-order valence-corrected chi connectivity index (χ0v) is 28.6. The zero-order valence-electron chi connectivity index (χ0n) is 27.8. The maximum absolute atomic E-state index is 15.3. The zero-order chi connectivity index (χ0) is 36.8. The molecule has 2 aromatic heterocycles. The molecule has 0 aliphatic carbocycles. The Morgan fingerprint density at radius 2 is 1.98 bits per heavy atom. The third kappa shape index (κ3) is 6.76. The van der Waals surface area contributed by atoms with Gasteiger partial charge in [0.1, 0.15) is 35.0 Å². The van der Waals surface area contributed by atoms with Gasteiger partial charge in [-0.25, -0.2) is 13.2 Å². The van der Waals surface area contributed by atoms with Crippen LogP contribution < -0.4 is 15.4 Å². The molecule has 51 heavy (non-hydrogen) atoms. The smallest absolute Gasteiger partial charge is 0.417 e. The Labute approximate surface area is 293 Å². The first-order valence-electron chi connectivity index (χ1n) is 16.4. The normalized spacial score (nSPS) is 21.7. The van der Waals surface area contributed by atoms with Crippen molar-refractivity contribution in [3.05, 3.63) is 53.9 Å². The molecule has 3 saturated heterocycles. The molecule has 1 amide bonds. The number of ether oxygens (including phenoxy) is 1. The number of nitrogens with two attached hydrogens (primary N) is 1. The predicted molar refractivity (Wildman–Crippen MR) is 184 cm³/mol. The van der Waals surface area contributed by atoms with Gasteiger partial charge in [0.2, 0.25) is 5.91 Å². The van der Waals surface area contributed by atoms with Gasteiger partial charge in [0.15, 0.2) is 0 Å². The van der Waals surface area contributed by atoms with Crippen molar-refractivity contribution in [2.24, 2.45) is 0 Å². The fourth-order valence-electron chi connectivity index (χ4n) is 7.35. The Kier molecular flexibility index (Phi) is 10.1. The van der Waals surface area contributed by atoms with E-state index in [0.29, 0.717) is 12.6 Å². The van der Waals surface area contributed by atoms with Crippen molar-refractivity contribution in [1.82, 2.24) is 19.8 Å². The number of alkyl halides is 5. The molecule has 2 N–H and O–H groups in total. The molecule has 2 aromatic carbocycles. The summed E-state index contributed by atoms with van der Waals surface area (Å²) in [5.74, 6) is -1.21. The van der Waals surface area contributed by atoms with Gasteiger partial charge in [-0.05, 0) is 68.1 Å². The largest absolute Gasteiger partial charge is 0.467 e. The second kappa shape index (κ2) is 14.2. The molecule has 16 heteroatoms. The number of aromatic nitrogens is 2. The average Bonchev–Trinajstić information content (AvgIpc) is 3.87. The van der Waals surface area contributed by atoms with E-state index < -0.39 is 41.8 Å². The first kappa shape index (κ1) is 36.2. The number of rotatable bonds is 6. The van der Waals surface area contributed by atoms with E-state index in [-0.39, 0.29) is 74.1 Å². The Morgan fingerprint density at radius 1 is 1.22 bits per heavy atom. The summed E-state index contributed by atoms with van der Waals surface area (Å²) >= 11 is 0.766. The van der Waals surface area contributed by atoms with Crippen LogP contribution in [0.2, 0.25) is 0 Å². The molecule has 7 rings (SSSR count). The van der Waals surface area contributed by atoms with E-state index in [1.807, 2.05) is 6.07 Å². The van der Waals surface area contributed by atoms with Crippen molar-refractivity contribution in [2.45, 2.75) is 56.8 Å². The van der Waals surface area contributed by atoms with E-state index in [9.17, 15) is 32.0 Å². The molecule has 5 heterocycles. The minimum absolute atomic E-state index is 0.0151. The summed E-state index contributed by atoms with van der Waals surface area (Å²) in [6.45, 7) is 6.85. The number of hydrogen-bond donors (Lipinski definition) is 1. The minimum Gasteiger partial charge on any atom is -0.467 e. The number of likely N-dealkylation sites (N-methyl/N-ethyl adjacent to an activating group) is 1. The van der Waals surface area contributed by atoms with Gasteiger partial charge in [0.05, 0.1) is 41.0 Å². The van der Waals surface area contributed by atoms with Crippen LogP contribution >= 0.6 is 11.3 Å². The van der Waals surface area contributed by atoms with Crippen LogP contribution in [0.3, 0.4) is 0 Å². The van der Waals surface area contributed by atoms with Gasteiger partial charge in [-0.2, -0.15) is 28.4 Å². The fraction of sp³-hybridized carbons (Fsp3) is 0.429. The molecule has 270 valence electrons. The number of hydrogen-bond acceptors (Lipinski definition) is 9. The number of nitrogen functional groups attached to an aromatic ring is 1. The highest BCUT2D eigenvalue weighted by molar-refractivity contribution is 7.23. The molecule has 3 aliphatic heterocycles. The highest BCUT2D eigenvalue weighted by atomic mass is 32.1. The number of fused-ring (bicyclic) bond motifs is 3.